The average molecular weight is 366 g/mol. The van der Waals surface area contributed by atoms with Crippen molar-refractivity contribution in [3.05, 3.63) is 75.1 Å². The van der Waals surface area contributed by atoms with E-state index < -0.39 is 0 Å². The van der Waals surface area contributed by atoms with Crippen molar-refractivity contribution >= 4 is 22.9 Å². The molecule has 4 rings (SSSR count). The van der Waals surface area contributed by atoms with Crippen LogP contribution in [0.2, 0.25) is 5.02 Å². The maximum absolute atomic E-state index is 9.75. The van der Waals surface area contributed by atoms with E-state index in [1.54, 1.807) is 11.3 Å². The summed E-state index contributed by atoms with van der Waals surface area (Å²) in [5, 5.41) is 13.3. The fourth-order valence-electron chi connectivity index (χ4n) is 3.20. The van der Waals surface area contributed by atoms with Gasteiger partial charge >= 0.3 is 0 Å². The lowest BCUT2D eigenvalue weighted by Crippen LogP contribution is -2.33. The molecule has 0 spiro atoms. The highest BCUT2D eigenvalue weighted by molar-refractivity contribution is 7.10. The van der Waals surface area contributed by atoms with E-state index in [-0.39, 0.29) is 6.04 Å². The highest BCUT2D eigenvalue weighted by Gasteiger charge is 2.26. The first-order valence-corrected chi connectivity index (χ1v) is 9.42. The van der Waals surface area contributed by atoms with Crippen LogP contribution in [0.4, 0.5) is 0 Å². The normalized spacial score (nSPS) is 15.4. The topological polar surface area (TPSA) is 39.9 Å². The van der Waals surface area contributed by atoms with Crippen LogP contribution in [0.25, 0.3) is 11.3 Å². The smallest absolute Gasteiger partial charge is 0.150 e. The quantitative estimate of drug-likeness (QED) is 0.649. The molecule has 0 bridgehead atoms. The molecule has 0 saturated carbocycles. The number of rotatable bonds is 3. The van der Waals surface area contributed by atoms with Gasteiger partial charge in [-0.05, 0) is 29.7 Å². The van der Waals surface area contributed by atoms with Crippen LogP contribution in [0.5, 0.6) is 0 Å². The first-order chi connectivity index (χ1) is 12.2. The zero-order valence-corrected chi connectivity index (χ0v) is 15.1. The zero-order chi connectivity index (χ0) is 17.2. The molecule has 0 fully saturated rings. The Morgan fingerprint density at radius 3 is 2.64 bits per heavy atom. The van der Waals surface area contributed by atoms with Crippen LogP contribution in [0.1, 0.15) is 22.2 Å². The Labute approximate surface area is 156 Å². The number of nitriles is 1. The lowest BCUT2D eigenvalue weighted by atomic mass is 9.99. The van der Waals surface area contributed by atoms with E-state index in [1.165, 1.54) is 11.1 Å². The highest BCUT2D eigenvalue weighted by atomic mass is 35.5. The van der Waals surface area contributed by atoms with E-state index in [4.69, 9.17) is 16.6 Å². The monoisotopic (exact) mass is 365 g/mol. The number of hydrogen-bond acceptors (Lipinski definition) is 4. The Hall–Kier alpha value is -2.19. The van der Waals surface area contributed by atoms with Gasteiger partial charge in [-0.3, -0.25) is 4.90 Å². The van der Waals surface area contributed by atoms with Crippen LogP contribution in [0.3, 0.4) is 0 Å². The van der Waals surface area contributed by atoms with Gasteiger partial charge in [0.25, 0.3) is 0 Å². The van der Waals surface area contributed by atoms with Crippen molar-refractivity contribution in [1.29, 1.82) is 5.26 Å². The highest BCUT2D eigenvalue weighted by Crippen LogP contribution is 2.32. The summed E-state index contributed by atoms with van der Waals surface area (Å²) in [6.07, 6.45) is 0.976. The minimum atomic E-state index is -0.306. The van der Waals surface area contributed by atoms with Crippen molar-refractivity contribution in [1.82, 2.24) is 9.88 Å². The Morgan fingerprint density at radius 1 is 1.12 bits per heavy atom. The van der Waals surface area contributed by atoms with Crippen LogP contribution >= 0.6 is 22.9 Å². The molecule has 0 aliphatic carbocycles. The predicted molar refractivity (Wildman–Crippen MR) is 101 cm³/mol. The van der Waals surface area contributed by atoms with Crippen LogP contribution in [-0.2, 0) is 13.0 Å². The van der Waals surface area contributed by atoms with Crippen molar-refractivity contribution in [3.63, 3.8) is 0 Å². The third-order valence-electron chi connectivity index (χ3n) is 4.54. The molecule has 1 atom stereocenters. The van der Waals surface area contributed by atoms with Crippen LogP contribution < -0.4 is 0 Å². The number of halogens is 1. The number of fused-ring (bicyclic) bond motifs is 1. The maximum Gasteiger partial charge on any atom is 0.150 e. The first-order valence-electron chi connectivity index (χ1n) is 8.16. The zero-order valence-electron chi connectivity index (χ0n) is 13.5. The molecule has 2 heterocycles. The van der Waals surface area contributed by atoms with Crippen LogP contribution in [-0.4, -0.2) is 16.4 Å². The molecule has 25 heavy (non-hydrogen) atoms. The molecule has 1 aliphatic heterocycles. The standard InChI is InChI=1S/C20H16ClN3S/c21-17-7-5-15(6-8-17)18-13-25-20(23-18)19(11-22)24-10-9-14-3-1-2-4-16(14)12-24/h1-8,13,19H,9-10,12H2. The number of aromatic nitrogens is 1. The molecular formula is C20H16ClN3S. The summed E-state index contributed by atoms with van der Waals surface area (Å²) in [6, 6.07) is 18.2. The van der Waals surface area contributed by atoms with Gasteiger partial charge in [0.1, 0.15) is 5.01 Å². The fraction of sp³-hybridized carbons (Fsp3) is 0.200. The van der Waals surface area contributed by atoms with E-state index in [1.807, 2.05) is 29.6 Å². The van der Waals surface area contributed by atoms with Crippen molar-refractivity contribution < 1.29 is 0 Å². The van der Waals surface area contributed by atoms with E-state index in [0.29, 0.717) is 5.02 Å². The van der Waals surface area contributed by atoms with Gasteiger partial charge < -0.3 is 0 Å². The van der Waals surface area contributed by atoms with Gasteiger partial charge in [-0.2, -0.15) is 5.26 Å². The van der Waals surface area contributed by atoms with E-state index >= 15 is 0 Å². The minimum absolute atomic E-state index is 0.306. The predicted octanol–water partition coefficient (Wildman–Crippen LogP) is 5.09. The molecular weight excluding hydrogens is 350 g/mol. The summed E-state index contributed by atoms with van der Waals surface area (Å²) in [4.78, 5) is 6.94. The maximum atomic E-state index is 9.75. The molecule has 2 aromatic carbocycles. The molecule has 5 heteroatoms. The minimum Gasteiger partial charge on any atom is -0.278 e. The fourth-order valence-corrected chi connectivity index (χ4v) is 4.23. The largest absolute Gasteiger partial charge is 0.278 e. The Balaban J connectivity index is 1.58. The SMILES string of the molecule is N#CC(c1nc(-c2ccc(Cl)cc2)cs1)N1CCc2ccccc2C1. The molecule has 0 radical (unpaired) electrons. The van der Waals surface area contributed by atoms with Gasteiger partial charge in [0, 0.05) is 29.1 Å². The molecule has 1 aliphatic rings. The molecule has 3 nitrogen and oxygen atoms in total. The molecule has 1 unspecified atom stereocenters. The van der Waals surface area contributed by atoms with Gasteiger partial charge in [-0.1, -0.05) is 48.0 Å². The van der Waals surface area contributed by atoms with Gasteiger partial charge in [0.15, 0.2) is 6.04 Å². The molecule has 0 saturated heterocycles. The summed E-state index contributed by atoms with van der Waals surface area (Å²) >= 11 is 7.50. The molecule has 0 N–H and O–H groups in total. The first kappa shape index (κ1) is 16.3. The second kappa shape index (κ2) is 6.97. The van der Waals surface area contributed by atoms with Crippen molar-refractivity contribution in [3.8, 4) is 17.3 Å². The molecule has 1 aromatic heterocycles. The Kier molecular flexibility index (Phi) is 4.54. The molecule has 0 amide bonds. The Morgan fingerprint density at radius 2 is 1.88 bits per heavy atom. The Bertz CT molecular complexity index is 927. The van der Waals surface area contributed by atoms with Gasteiger partial charge in [0.05, 0.1) is 11.8 Å². The third-order valence-corrected chi connectivity index (χ3v) is 5.69. The van der Waals surface area contributed by atoms with Crippen LogP contribution in [0, 0.1) is 11.3 Å². The molecule has 124 valence electrons. The van der Waals surface area contributed by atoms with Crippen molar-refractivity contribution in [2.45, 2.75) is 19.0 Å². The van der Waals surface area contributed by atoms with E-state index in [9.17, 15) is 5.26 Å². The van der Waals surface area contributed by atoms with Crippen molar-refractivity contribution in [2.75, 3.05) is 6.54 Å². The summed E-state index contributed by atoms with van der Waals surface area (Å²) in [5.74, 6) is 0. The number of hydrogen-bond donors (Lipinski definition) is 0. The number of nitrogens with zero attached hydrogens (tertiary/aromatic N) is 3. The van der Waals surface area contributed by atoms with E-state index in [0.717, 1.165) is 35.8 Å². The third kappa shape index (κ3) is 3.32. The summed E-state index contributed by atoms with van der Waals surface area (Å²) < 4.78 is 0. The summed E-state index contributed by atoms with van der Waals surface area (Å²) in [5.41, 5.74) is 4.61. The second-order valence-corrected chi connectivity index (χ2v) is 7.42. The van der Waals surface area contributed by atoms with Gasteiger partial charge in [-0.25, -0.2) is 4.98 Å². The van der Waals surface area contributed by atoms with Gasteiger partial charge in [-0.15, -0.1) is 11.3 Å². The lowest BCUT2D eigenvalue weighted by molar-refractivity contribution is 0.216. The van der Waals surface area contributed by atoms with Crippen molar-refractivity contribution in [2.24, 2.45) is 0 Å². The van der Waals surface area contributed by atoms with Crippen LogP contribution in [0.15, 0.2) is 53.9 Å². The molecule has 3 aromatic rings. The van der Waals surface area contributed by atoms with E-state index in [2.05, 4.69) is 35.2 Å². The lowest BCUT2D eigenvalue weighted by Gasteiger charge is -2.31. The second-order valence-electron chi connectivity index (χ2n) is 6.10. The summed E-state index contributed by atoms with van der Waals surface area (Å²) in [6.45, 7) is 1.68. The van der Waals surface area contributed by atoms with Gasteiger partial charge in [0.2, 0.25) is 0 Å². The average Bonchev–Trinajstić information content (AvgIpc) is 3.12. The summed E-state index contributed by atoms with van der Waals surface area (Å²) in [7, 11) is 0. The number of benzene rings is 2. The number of thiazole rings is 1.